The van der Waals surface area contributed by atoms with Crippen molar-refractivity contribution in [3.8, 4) is 22.8 Å². The Labute approximate surface area is 186 Å². The average molecular weight is 484 g/mol. The zero-order chi connectivity index (χ0) is 21.1. The maximum atomic E-state index is 12.8. The predicted molar refractivity (Wildman–Crippen MR) is 120 cm³/mol. The summed E-state index contributed by atoms with van der Waals surface area (Å²) in [5, 5.41) is 7.77. The van der Waals surface area contributed by atoms with Gasteiger partial charge in [0.05, 0.1) is 12.8 Å². The van der Waals surface area contributed by atoms with Crippen LogP contribution < -0.4 is 10.1 Å². The van der Waals surface area contributed by atoms with Gasteiger partial charge in [-0.25, -0.2) is 9.67 Å². The summed E-state index contributed by atoms with van der Waals surface area (Å²) in [6.45, 7) is 0. The molecule has 150 valence electrons. The number of halogens is 2. The van der Waals surface area contributed by atoms with Crippen molar-refractivity contribution in [2.75, 3.05) is 12.4 Å². The minimum absolute atomic E-state index is 0.0451. The van der Waals surface area contributed by atoms with Crippen LogP contribution in [0.4, 0.5) is 5.69 Å². The second-order valence-electron chi connectivity index (χ2n) is 6.34. The normalized spacial score (nSPS) is 10.6. The third-order valence-corrected chi connectivity index (χ3v) is 5.08. The highest BCUT2D eigenvalue weighted by atomic mass is 79.9. The SMILES string of the molecule is COc1ccc(-n2nc(C(=O)Nc3cccc(Cl)c3)nc2-c2ccc(Br)cc2)cc1. The highest BCUT2D eigenvalue weighted by Crippen LogP contribution is 2.25. The van der Waals surface area contributed by atoms with Crippen LogP contribution in [0.25, 0.3) is 17.1 Å². The second-order valence-corrected chi connectivity index (χ2v) is 7.69. The summed E-state index contributed by atoms with van der Waals surface area (Å²) in [5.41, 5.74) is 2.14. The molecule has 0 bridgehead atoms. The first-order valence-corrected chi connectivity index (χ1v) is 10.1. The highest BCUT2D eigenvalue weighted by molar-refractivity contribution is 9.10. The standard InChI is InChI=1S/C22H16BrClN4O2/c1-30-19-11-9-18(10-12-19)28-21(14-5-7-15(23)8-6-14)26-20(27-28)22(29)25-17-4-2-3-16(24)13-17/h2-13H,1H3,(H,25,29). The summed E-state index contributed by atoms with van der Waals surface area (Å²) in [6.07, 6.45) is 0. The second kappa shape index (κ2) is 8.69. The van der Waals surface area contributed by atoms with E-state index in [9.17, 15) is 4.79 Å². The van der Waals surface area contributed by atoms with Crippen LogP contribution in [-0.2, 0) is 0 Å². The molecule has 0 aliphatic heterocycles. The minimum Gasteiger partial charge on any atom is -0.497 e. The first-order chi connectivity index (χ1) is 14.5. The van der Waals surface area contributed by atoms with Crippen LogP contribution in [-0.4, -0.2) is 27.8 Å². The number of methoxy groups -OCH3 is 1. The quantitative estimate of drug-likeness (QED) is 0.400. The number of hydrogen-bond donors (Lipinski definition) is 1. The molecule has 8 heteroatoms. The molecule has 0 saturated carbocycles. The summed E-state index contributed by atoms with van der Waals surface area (Å²) in [7, 11) is 1.61. The lowest BCUT2D eigenvalue weighted by Crippen LogP contribution is -2.14. The first-order valence-electron chi connectivity index (χ1n) is 8.98. The van der Waals surface area contributed by atoms with Crippen molar-refractivity contribution in [1.82, 2.24) is 14.8 Å². The van der Waals surface area contributed by atoms with Crippen LogP contribution in [0.15, 0.2) is 77.3 Å². The molecule has 0 aliphatic rings. The Morgan fingerprint density at radius 2 is 1.80 bits per heavy atom. The molecule has 1 aromatic heterocycles. The van der Waals surface area contributed by atoms with Gasteiger partial charge < -0.3 is 10.1 Å². The van der Waals surface area contributed by atoms with Crippen LogP contribution in [0, 0.1) is 0 Å². The van der Waals surface area contributed by atoms with Gasteiger partial charge in [0.2, 0.25) is 5.82 Å². The van der Waals surface area contributed by atoms with E-state index in [1.165, 1.54) is 0 Å². The average Bonchev–Trinajstić information content (AvgIpc) is 3.20. The lowest BCUT2D eigenvalue weighted by molar-refractivity contribution is 0.101. The van der Waals surface area contributed by atoms with E-state index in [4.69, 9.17) is 16.3 Å². The molecule has 1 amide bonds. The molecule has 3 aromatic carbocycles. The fourth-order valence-electron chi connectivity index (χ4n) is 2.85. The number of amides is 1. The van der Waals surface area contributed by atoms with Gasteiger partial charge in [0.1, 0.15) is 5.75 Å². The van der Waals surface area contributed by atoms with E-state index in [0.717, 1.165) is 21.5 Å². The smallest absolute Gasteiger partial charge is 0.295 e. The van der Waals surface area contributed by atoms with Crippen molar-refractivity contribution < 1.29 is 9.53 Å². The van der Waals surface area contributed by atoms with Gasteiger partial charge in [-0.3, -0.25) is 4.79 Å². The van der Waals surface area contributed by atoms with E-state index >= 15 is 0 Å². The van der Waals surface area contributed by atoms with Crippen molar-refractivity contribution in [3.05, 3.63) is 88.1 Å². The first kappa shape index (κ1) is 20.1. The molecule has 6 nitrogen and oxygen atoms in total. The molecule has 4 rings (SSSR count). The number of nitrogens with one attached hydrogen (secondary N) is 1. The predicted octanol–water partition coefficient (Wildman–Crippen LogP) is 5.61. The zero-order valence-corrected chi connectivity index (χ0v) is 18.2. The van der Waals surface area contributed by atoms with Gasteiger partial charge in [0, 0.05) is 20.7 Å². The lowest BCUT2D eigenvalue weighted by atomic mass is 10.2. The maximum absolute atomic E-state index is 12.8. The third kappa shape index (κ3) is 4.37. The third-order valence-electron chi connectivity index (χ3n) is 4.31. The van der Waals surface area contributed by atoms with Crippen molar-refractivity contribution in [2.45, 2.75) is 0 Å². The molecule has 1 heterocycles. The number of ether oxygens (including phenoxy) is 1. The van der Waals surface area contributed by atoms with Gasteiger partial charge in [0.25, 0.3) is 5.91 Å². The van der Waals surface area contributed by atoms with Crippen molar-refractivity contribution in [3.63, 3.8) is 0 Å². The van der Waals surface area contributed by atoms with Crippen molar-refractivity contribution in [1.29, 1.82) is 0 Å². The minimum atomic E-state index is -0.428. The van der Waals surface area contributed by atoms with Crippen LogP contribution in [0.2, 0.25) is 5.02 Å². The Morgan fingerprint density at radius 1 is 1.07 bits per heavy atom. The number of anilines is 1. The molecule has 4 aromatic rings. The monoisotopic (exact) mass is 482 g/mol. The molecule has 0 saturated heterocycles. The van der Waals surface area contributed by atoms with E-state index in [1.807, 2.05) is 48.5 Å². The molecule has 0 aliphatic carbocycles. The van der Waals surface area contributed by atoms with E-state index in [2.05, 4.69) is 31.3 Å². The molecular weight excluding hydrogens is 468 g/mol. The molecular formula is C22H16BrClN4O2. The number of benzene rings is 3. The maximum Gasteiger partial charge on any atom is 0.295 e. The Morgan fingerprint density at radius 3 is 2.47 bits per heavy atom. The number of rotatable bonds is 5. The summed E-state index contributed by atoms with van der Waals surface area (Å²) < 4.78 is 7.81. The van der Waals surface area contributed by atoms with Crippen molar-refractivity contribution >= 4 is 39.1 Å². The molecule has 0 radical (unpaired) electrons. The van der Waals surface area contributed by atoms with Gasteiger partial charge >= 0.3 is 0 Å². The van der Waals surface area contributed by atoms with Crippen molar-refractivity contribution in [2.24, 2.45) is 0 Å². The van der Waals surface area contributed by atoms with E-state index in [-0.39, 0.29) is 5.82 Å². The Balaban J connectivity index is 1.74. The lowest BCUT2D eigenvalue weighted by Gasteiger charge is -2.07. The molecule has 1 N–H and O–H groups in total. The molecule has 0 fully saturated rings. The summed E-state index contributed by atoms with van der Waals surface area (Å²) in [5.74, 6) is 0.887. The van der Waals surface area contributed by atoms with E-state index < -0.39 is 5.91 Å². The number of aromatic nitrogens is 3. The fraction of sp³-hybridized carbons (Fsp3) is 0.0455. The van der Waals surface area contributed by atoms with E-state index in [1.54, 1.807) is 36.1 Å². The van der Waals surface area contributed by atoms with Crippen LogP contribution in [0.3, 0.4) is 0 Å². The Bertz CT molecular complexity index is 1190. The number of nitrogens with zero attached hydrogens (tertiary/aromatic N) is 3. The van der Waals surface area contributed by atoms with Crippen LogP contribution in [0.1, 0.15) is 10.6 Å². The molecule has 30 heavy (non-hydrogen) atoms. The summed E-state index contributed by atoms with van der Waals surface area (Å²) in [6, 6.07) is 21.9. The van der Waals surface area contributed by atoms with E-state index in [0.29, 0.717) is 16.5 Å². The number of carbonyl (C=O) groups is 1. The number of carbonyl (C=O) groups excluding carboxylic acids is 1. The summed E-state index contributed by atoms with van der Waals surface area (Å²) in [4.78, 5) is 17.3. The van der Waals surface area contributed by atoms with Gasteiger partial charge in [0.15, 0.2) is 5.82 Å². The largest absolute Gasteiger partial charge is 0.497 e. The fourth-order valence-corrected chi connectivity index (χ4v) is 3.31. The Kier molecular flexibility index (Phi) is 5.83. The zero-order valence-electron chi connectivity index (χ0n) is 15.8. The molecule has 0 spiro atoms. The van der Waals surface area contributed by atoms with Gasteiger partial charge in [-0.05, 0) is 54.6 Å². The Hall–Kier alpha value is -3.16. The topological polar surface area (TPSA) is 69.0 Å². The molecule has 0 unspecified atom stereocenters. The van der Waals surface area contributed by atoms with Crippen LogP contribution in [0.5, 0.6) is 5.75 Å². The number of hydrogen-bond acceptors (Lipinski definition) is 4. The van der Waals surface area contributed by atoms with Gasteiger partial charge in [-0.2, -0.15) is 0 Å². The van der Waals surface area contributed by atoms with Gasteiger partial charge in [-0.1, -0.05) is 45.7 Å². The highest BCUT2D eigenvalue weighted by Gasteiger charge is 2.19. The molecule has 0 atom stereocenters. The van der Waals surface area contributed by atoms with Crippen LogP contribution >= 0.6 is 27.5 Å². The van der Waals surface area contributed by atoms with Gasteiger partial charge in [-0.15, -0.1) is 5.10 Å². The summed E-state index contributed by atoms with van der Waals surface area (Å²) >= 11 is 9.44.